The smallest absolute Gasteiger partial charge is 0.214 e. The lowest BCUT2D eigenvalue weighted by Gasteiger charge is -1.82. The number of fused-ring (bicyclic) bond motifs is 1. The quantitative estimate of drug-likeness (QED) is 0.718. The van der Waals surface area contributed by atoms with Crippen molar-refractivity contribution in [2.45, 2.75) is 18.8 Å². The van der Waals surface area contributed by atoms with Crippen LogP contribution in [0.3, 0.4) is 0 Å². The van der Waals surface area contributed by atoms with Crippen molar-refractivity contribution in [2.24, 2.45) is 0 Å². The number of rotatable bonds is 1. The van der Waals surface area contributed by atoms with Gasteiger partial charge in [0.15, 0.2) is 0 Å². The number of anilines is 1. The van der Waals surface area contributed by atoms with E-state index in [-0.39, 0.29) is 0 Å². The number of hydrogen-bond acceptors (Lipinski definition) is 4. The summed E-state index contributed by atoms with van der Waals surface area (Å²) in [5.74, 6) is 1.26. The molecule has 12 heavy (non-hydrogen) atoms. The minimum absolute atomic E-state index is 0.552. The van der Waals surface area contributed by atoms with Crippen molar-refractivity contribution in [1.29, 1.82) is 0 Å². The fourth-order valence-electron chi connectivity index (χ4n) is 1.23. The van der Waals surface area contributed by atoms with Gasteiger partial charge in [0.2, 0.25) is 4.96 Å². The first kappa shape index (κ1) is 6.42. The van der Waals surface area contributed by atoms with Crippen LogP contribution in [-0.2, 0) is 0 Å². The average Bonchev–Trinajstić information content (AvgIpc) is 2.69. The molecule has 0 unspecified atom stereocenters. The molecule has 5 heteroatoms. The zero-order valence-electron chi connectivity index (χ0n) is 6.40. The molecular weight excluding hydrogens is 172 g/mol. The predicted molar refractivity (Wildman–Crippen MR) is 47.3 cm³/mol. The van der Waals surface area contributed by atoms with Gasteiger partial charge < -0.3 is 5.73 Å². The molecule has 4 nitrogen and oxygen atoms in total. The summed E-state index contributed by atoms with van der Waals surface area (Å²) in [6, 6.07) is 0. The minimum atomic E-state index is 0.552. The van der Waals surface area contributed by atoms with Crippen molar-refractivity contribution >= 4 is 22.1 Å². The van der Waals surface area contributed by atoms with Gasteiger partial charge in [-0.25, -0.2) is 9.50 Å². The molecule has 1 saturated carbocycles. The Hall–Kier alpha value is -1.10. The molecule has 0 saturated heterocycles. The number of nitrogens with two attached hydrogens (primary N) is 1. The van der Waals surface area contributed by atoms with E-state index in [1.807, 2.05) is 0 Å². The van der Waals surface area contributed by atoms with E-state index in [1.54, 1.807) is 22.0 Å². The Labute approximate surface area is 73.0 Å². The maximum absolute atomic E-state index is 5.51. The molecule has 0 amide bonds. The van der Waals surface area contributed by atoms with Gasteiger partial charge in [0.05, 0.1) is 6.20 Å². The Morgan fingerprint density at radius 2 is 2.42 bits per heavy atom. The standard InChI is InChI=1S/C7H8N4S/c8-5-3-11-7(9-5)12-6(10-11)4-1-2-4/h3-4H,1-2,8H2. The van der Waals surface area contributed by atoms with Crippen molar-refractivity contribution in [1.82, 2.24) is 14.6 Å². The van der Waals surface area contributed by atoms with E-state index in [4.69, 9.17) is 5.73 Å². The molecule has 0 aliphatic heterocycles. The molecule has 1 aliphatic carbocycles. The normalized spacial score (nSPS) is 17.3. The molecule has 2 aromatic rings. The Balaban J connectivity index is 2.18. The van der Waals surface area contributed by atoms with E-state index in [2.05, 4.69) is 10.1 Å². The molecular formula is C7H8N4S. The Bertz CT molecular complexity index is 394. The van der Waals surface area contributed by atoms with Crippen molar-refractivity contribution < 1.29 is 0 Å². The second-order valence-electron chi connectivity index (χ2n) is 3.11. The molecule has 3 rings (SSSR count). The monoisotopic (exact) mass is 180 g/mol. The molecule has 0 bridgehead atoms. The second-order valence-corrected chi connectivity index (χ2v) is 4.10. The van der Waals surface area contributed by atoms with Gasteiger partial charge in [-0.05, 0) is 12.8 Å². The van der Waals surface area contributed by atoms with Crippen molar-refractivity contribution in [3.63, 3.8) is 0 Å². The summed E-state index contributed by atoms with van der Waals surface area (Å²) in [6.45, 7) is 0. The lowest BCUT2D eigenvalue weighted by atomic mass is 10.5. The molecule has 2 aromatic heterocycles. The highest BCUT2D eigenvalue weighted by molar-refractivity contribution is 7.16. The van der Waals surface area contributed by atoms with Crippen LogP contribution in [-0.4, -0.2) is 14.6 Å². The summed E-state index contributed by atoms with van der Waals surface area (Å²) in [5, 5.41) is 5.59. The van der Waals surface area contributed by atoms with Crippen molar-refractivity contribution in [3.05, 3.63) is 11.2 Å². The highest BCUT2D eigenvalue weighted by Gasteiger charge is 2.27. The molecule has 62 valence electrons. The summed E-state index contributed by atoms with van der Waals surface area (Å²) in [5.41, 5.74) is 5.51. The molecule has 0 aromatic carbocycles. The maximum Gasteiger partial charge on any atom is 0.214 e. The fourth-order valence-corrected chi connectivity index (χ4v) is 2.28. The number of nitrogens with zero attached hydrogens (tertiary/aromatic N) is 3. The van der Waals surface area contributed by atoms with Gasteiger partial charge in [-0.3, -0.25) is 0 Å². The van der Waals surface area contributed by atoms with Crippen LogP contribution in [0.15, 0.2) is 6.20 Å². The molecule has 2 N–H and O–H groups in total. The van der Waals surface area contributed by atoms with E-state index < -0.39 is 0 Å². The minimum Gasteiger partial charge on any atom is -0.382 e. The maximum atomic E-state index is 5.51. The third kappa shape index (κ3) is 0.828. The van der Waals surface area contributed by atoms with E-state index >= 15 is 0 Å². The highest BCUT2D eigenvalue weighted by atomic mass is 32.1. The first-order valence-corrected chi connectivity index (χ1v) is 4.76. The zero-order chi connectivity index (χ0) is 8.13. The van der Waals surface area contributed by atoms with Gasteiger partial charge in [-0.1, -0.05) is 11.3 Å². The van der Waals surface area contributed by atoms with E-state index in [0.29, 0.717) is 11.7 Å². The highest BCUT2D eigenvalue weighted by Crippen LogP contribution is 2.41. The van der Waals surface area contributed by atoms with Crippen LogP contribution in [0, 0.1) is 0 Å². The summed E-state index contributed by atoms with van der Waals surface area (Å²) < 4.78 is 1.77. The van der Waals surface area contributed by atoms with Crippen LogP contribution in [0.25, 0.3) is 4.96 Å². The Kier molecular flexibility index (Phi) is 1.06. The first-order valence-electron chi connectivity index (χ1n) is 3.94. The summed E-state index contributed by atoms with van der Waals surface area (Å²) in [4.78, 5) is 5.05. The lowest BCUT2D eigenvalue weighted by Crippen LogP contribution is -1.85. The van der Waals surface area contributed by atoms with Crippen LogP contribution >= 0.6 is 11.3 Å². The molecule has 0 spiro atoms. The van der Waals surface area contributed by atoms with E-state index in [9.17, 15) is 0 Å². The molecule has 1 aliphatic rings. The first-order chi connectivity index (χ1) is 5.83. The number of hydrogen-bond donors (Lipinski definition) is 1. The Morgan fingerprint density at radius 1 is 1.58 bits per heavy atom. The van der Waals surface area contributed by atoms with Gasteiger partial charge >= 0.3 is 0 Å². The van der Waals surface area contributed by atoms with Crippen molar-refractivity contribution in [3.8, 4) is 0 Å². The van der Waals surface area contributed by atoms with Crippen LogP contribution in [0.4, 0.5) is 5.82 Å². The molecule has 0 atom stereocenters. The van der Waals surface area contributed by atoms with Gasteiger partial charge in [-0.2, -0.15) is 5.10 Å². The summed E-state index contributed by atoms with van der Waals surface area (Å²) >= 11 is 1.65. The van der Waals surface area contributed by atoms with Gasteiger partial charge in [0, 0.05) is 5.92 Å². The zero-order valence-corrected chi connectivity index (χ0v) is 7.21. The topological polar surface area (TPSA) is 56.2 Å². The average molecular weight is 180 g/mol. The number of imidazole rings is 1. The second kappa shape index (κ2) is 1.98. The third-order valence-electron chi connectivity index (χ3n) is 2.00. The summed E-state index contributed by atoms with van der Waals surface area (Å²) in [7, 11) is 0. The van der Waals surface area contributed by atoms with Gasteiger partial charge in [0.1, 0.15) is 10.8 Å². The van der Waals surface area contributed by atoms with Gasteiger partial charge in [-0.15, -0.1) is 0 Å². The fraction of sp³-hybridized carbons (Fsp3) is 0.429. The van der Waals surface area contributed by atoms with Crippen LogP contribution < -0.4 is 5.73 Å². The molecule has 1 fully saturated rings. The van der Waals surface area contributed by atoms with Gasteiger partial charge in [0.25, 0.3) is 0 Å². The summed E-state index contributed by atoms with van der Waals surface area (Å²) in [6.07, 6.45) is 4.33. The van der Waals surface area contributed by atoms with E-state index in [1.165, 1.54) is 17.8 Å². The third-order valence-corrected chi connectivity index (χ3v) is 3.09. The predicted octanol–water partition coefficient (Wildman–Crippen LogP) is 1.25. The lowest BCUT2D eigenvalue weighted by molar-refractivity contribution is 0.905. The van der Waals surface area contributed by atoms with Crippen molar-refractivity contribution in [2.75, 3.05) is 5.73 Å². The Morgan fingerprint density at radius 3 is 3.08 bits per heavy atom. The molecule has 2 heterocycles. The van der Waals surface area contributed by atoms with Crippen LogP contribution in [0.5, 0.6) is 0 Å². The van der Waals surface area contributed by atoms with E-state index in [0.717, 1.165) is 4.96 Å². The number of nitrogen functional groups attached to an aromatic ring is 1. The number of aromatic nitrogens is 3. The largest absolute Gasteiger partial charge is 0.382 e. The SMILES string of the molecule is Nc1cn2nc(C3CC3)sc2n1. The molecule has 0 radical (unpaired) electrons. The van der Waals surface area contributed by atoms with Crippen LogP contribution in [0.1, 0.15) is 23.8 Å². The van der Waals surface area contributed by atoms with Crippen LogP contribution in [0.2, 0.25) is 0 Å².